The van der Waals surface area contributed by atoms with Gasteiger partial charge >= 0.3 is 0 Å². The molecule has 0 radical (unpaired) electrons. The summed E-state index contributed by atoms with van der Waals surface area (Å²) in [6, 6.07) is 3.67. The minimum atomic E-state index is -1.55. The topological polar surface area (TPSA) is 26.3 Å². The maximum absolute atomic E-state index is 12.4. The van der Waals surface area contributed by atoms with Gasteiger partial charge in [-0.1, -0.05) is 38.8 Å². The molecule has 0 aliphatic heterocycles. The molecule has 2 rings (SSSR count). The minimum Gasteiger partial charge on any atom is -0.412 e. The van der Waals surface area contributed by atoms with Crippen molar-refractivity contribution in [2.45, 2.75) is 124 Å². The summed E-state index contributed by atoms with van der Waals surface area (Å²) in [7, 11) is -1.55. The second-order valence-electron chi connectivity index (χ2n) is 10.0. The third-order valence-electron chi connectivity index (χ3n) is 7.92. The van der Waals surface area contributed by atoms with Crippen molar-refractivity contribution >= 4 is 14.1 Å². The number of Topliss-reactive ketones (excluding diaryl/α,β-unsaturated/α-hetero) is 1. The van der Waals surface area contributed by atoms with Crippen LogP contribution in [0.15, 0.2) is 11.1 Å². The first-order valence-corrected chi connectivity index (χ1v) is 14.1. The predicted octanol–water partition coefficient (Wildman–Crippen LogP) is 7.44. The number of carbonyl (C=O) groups excluding carboxylic acids is 1. The third-order valence-corrected chi connectivity index (χ3v) is 12.8. The molecule has 0 unspecified atom stereocenters. The van der Waals surface area contributed by atoms with Crippen LogP contribution in [0.3, 0.4) is 0 Å². The van der Waals surface area contributed by atoms with Crippen LogP contribution in [-0.2, 0) is 9.22 Å². The molecule has 2 aliphatic carbocycles. The fourth-order valence-corrected chi connectivity index (χ4v) is 9.19. The largest absolute Gasteiger partial charge is 0.412 e. The smallest absolute Gasteiger partial charge is 0.192 e. The summed E-state index contributed by atoms with van der Waals surface area (Å²) in [6.07, 6.45) is 8.84. The van der Waals surface area contributed by atoms with Gasteiger partial charge in [0, 0.05) is 12.3 Å². The lowest BCUT2D eigenvalue weighted by atomic mass is 9.66. The van der Waals surface area contributed by atoms with Gasteiger partial charge in [-0.25, -0.2) is 0 Å². The van der Waals surface area contributed by atoms with Crippen LogP contribution in [0.4, 0.5) is 0 Å². The van der Waals surface area contributed by atoms with Crippen LogP contribution in [0.1, 0.15) is 99.8 Å². The second-order valence-corrected chi connectivity index (χ2v) is 14.7. The average Bonchev–Trinajstić information content (AvgIpc) is 2.98. The van der Waals surface area contributed by atoms with Gasteiger partial charge in [0.05, 0.1) is 5.60 Å². The van der Waals surface area contributed by atoms with E-state index in [9.17, 15) is 4.79 Å². The molecule has 2 fully saturated rings. The van der Waals surface area contributed by atoms with Crippen molar-refractivity contribution < 1.29 is 9.22 Å². The molecule has 27 heavy (non-hydrogen) atoms. The number of ketones is 1. The van der Waals surface area contributed by atoms with E-state index in [0.717, 1.165) is 38.5 Å². The standard InChI is InChI=1S/C24H44O2Si/c1-8-27(9-2,10-3)26-23(5,6)17-11-13-19(4)20-15-16-21-22(25)14-12-18-24(20,21)7/h21H,8-18H2,1-7H3/b20-19-/t21-,24+/m0/s1. The lowest BCUT2D eigenvalue weighted by Crippen LogP contribution is -2.44. The minimum absolute atomic E-state index is 0.0118. The lowest BCUT2D eigenvalue weighted by Gasteiger charge is -2.39. The average molecular weight is 393 g/mol. The molecule has 2 nitrogen and oxygen atoms in total. The molecule has 0 bridgehead atoms. The van der Waals surface area contributed by atoms with Gasteiger partial charge < -0.3 is 4.43 Å². The van der Waals surface area contributed by atoms with E-state index in [0.29, 0.717) is 11.7 Å². The summed E-state index contributed by atoms with van der Waals surface area (Å²) in [5, 5.41) is 0. The summed E-state index contributed by atoms with van der Waals surface area (Å²) < 4.78 is 6.78. The highest BCUT2D eigenvalue weighted by Crippen LogP contribution is 2.55. The van der Waals surface area contributed by atoms with Gasteiger partial charge in [-0.3, -0.25) is 4.79 Å². The molecule has 2 atom stereocenters. The Hall–Kier alpha value is -0.413. The first-order valence-electron chi connectivity index (χ1n) is 11.5. The van der Waals surface area contributed by atoms with Gasteiger partial charge in [0.25, 0.3) is 0 Å². The van der Waals surface area contributed by atoms with E-state index in [-0.39, 0.29) is 11.0 Å². The molecule has 0 aromatic rings. The van der Waals surface area contributed by atoms with Crippen LogP contribution in [-0.4, -0.2) is 19.7 Å². The Kier molecular flexibility index (Phi) is 7.58. The van der Waals surface area contributed by atoms with Crippen molar-refractivity contribution in [3.63, 3.8) is 0 Å². The van der Waals surface area contributed by atoms with Crippen molar-refractivity contribution in [1.82, 2.24) is 0 Å². The van der Waals surface area contributed by atoms with E-state index in [1.165, 1.54) is 31.0 Å². The summed E-state index contributed by atoms with van der Waals surface area (Å²) >= 11 is 0. The monoisotopic (exact) mass is 392 g/mol. The van der Waals surface area contributed by atoms with Gasteiger partial charge in [-0.15, -0.1) is 0 Å². The Morgan fingerprint density at radius 1 is 1.19 bits per heavy atom. The number of hydrogen-bond donors (Lipinski definition) is 0. The van der Waals surface area contributed by atoms with E-state index >= 15 is 0 Å². The van der Waals surface area contributed by atoms with Crippen molar-refractivity contribution in [3.8, 4) is 0 Å². The van der Waals surface area contributed by atoms with Crippen LogP contribution >= 0.6 is 0 Å². The zero-order valence-electron chi connectivity index (χ0n) is 19.2. The fraction of sp³-hybridized carbons (Fsp3) is 0.875. The second kappa shape index (κ2) is 8.94. The normalized spacial score (nSPS) is 28.4. The Bertz CT molecular complexity index is 550. The Morgan fingerprint density at radius 3 is 2.41 bits per heavy atom. The van der Waals surface area contributed by atoms with Gasteiger partial charge in [-0.05, 0) is 89.3 Å². The molecule has 0 aromatic heterocycles. The third kappa shape index (κ3) is 4.96. The Morgan fingerprint density at radius 2 is 1.81 bits per heavy atom. The van der Waals surface area contributed by atoms with Crippen LogP contribution in [0.25, 0.3) is 0 Å². The Labute approximate surface area is 169 Å². The number of fused-ring (bicyclic) bond motifs is 1. The number of allylic oxidation sites excluding steroid dienone is 2. The highest BCUT2D eigenvalue weighted by molar-refractivity contribution is 6.73. The molecule has 3 heteroatoms. The quantitative estimate of drug-likeness (QED) is 0.301. The van der Waals surface area contributed by atoms with Gasteiger partial charge in [0.15, 0.2) is 8.32 Å². The van der Waals surface area contributed by atoms with Gasteiger partial charge in [-0.2, -0.15) is 0 Å². The molecule has 0 heterocycles. The van der Waals surface area contributed by atoms with Crippen molar-refractivity contribution in [2.75, 3.05) is 0 Å². The van der Waals surface area contributed by atoms with E-state index in [2.05, 4.69) is 48.5 Å². The molecule has 0 amide bonds. The van der Waals surface area contributed by atoms with Crippen LogP contribution < -0.4 is 0 Å². The molecule has 156 valence electrons. The van der Waals surface area contributed by atoms with Crippen LogP contribution in [0, 0.1) is 11.3 Å². The summed E-state index contributed by atoms with van der Waals surface area (Å²) in [5.41, 5.74) is 3.34. The zero-order valence-corrected chi connectivity index (χ0v) is 20.2. The highest BCUT2D eigenvalue weighted by Gasteiger charge is 2.48. The van der Waals surface area contributed by atoms with Crippen molar-refractivity contribution in [1.29, 1.82) is 0 Å². The van der Waals surface area contributed by atoms with Crippen molar-refractivity contribution in [3.05, 3.63) is 11.1 Å². The number of hydrogen-bond acceptors (Lipinski definition) is 2. The summed E-state index contributed by atoms with van der Waals surface area (Å²) in [6.45, 7) is 16.2. The van der Waals surface area contributed by atoms with Gasteiger partial charge in [0.1, 0.15) is 5.78 Å². The lowest BCUT2D eigenvalue weighted by molar-refractivity contribution is -0.127. The zero-order chi connectivity index (χ0) is 20.3. The maximum Gasteiger partial charge on any atom is 0.192 e. The SMILES string of the molecule is CC[Si](CC)(CC)OC(C)(C)CCC/C(C)=C1/CC[C@H]2C(=O)CCC[C@]12C. The molecular formula is C24H44O2Si. The van der Waals surface area contributed by atoms with Gasteiger partial charge in [0.2, 0.25) is 0 Å². The first-order chi connectivity index (χ1) is 12.6. The first kappa shape index (κ1) is 22.9. The van der Waals surface area contributed by atoms with E-state index in [1.807, 2.05) is 0 Å². The van der Waals surface area contributed by atoms with Crippen LogP contribution in [0.2, 0.25) is 18.1 Å². The number of carbonyl (C=O) groups is 1. The fourth-order valence-electron chi connectivity index (χ4n) is 5.98. The van der Waals surface area contributed by atoms with Crippen LogP contribution in [0.5, 0.6) is 0 Å². The highest BCUT2D eigenvalue weighted by atomic mass is 28.4. The predicted molar refractivity (Wildman–Crippen MR) is 119 cm³/mol. The van der Waals surface area contributed by atoms with E-state index < -0.39 is 8.32 Å². The molecule has 2 aliphatic rings. The molecular weight excluding hydrogens is 348 g/mol. The Balaban J connectivity index is 1.98. The summed E-state index contributed by atoms with van der Waals surface area (Å²) in [5.74, 6) is 0.835. The van der Waals surface area contributed by atoms with Crippen molar-refractivity contribution in [2.24, 2.45) is 11.3 Å². The van der Waals surface area contributed by atoms with E-state index in [1.54, 1.807) is 11.1 Å². The molecule has 0 spiro atoms. The summed E-state index contributed by atoms with van der Waals surface area (Å²) in [4.78, 5) is 12.4. The molecule has 0 N–H and O–H groups in total. The molecule has 0 saturated heterocycles. The maximum atomic E-state index is 12.4. The molecule has 2 saturated carbocycles. The van der Waals surface area contributed by atoms with E-state index in [4.69, 9.17) is 4.43 Å². The number of rotatable bonds is 9. The molecule has 0 aromatic carbocycles.